The summed E-state index contributed by atoms with van der Waals surface area (Å²) < 4.78 is 0. The molecular formula is C17H26ClN3O. The normalized spacial score (nSPS) is 16.7. The van der Waals surface area contributed by atoms with Crippen LogP contribution in [0.15, 0.2) is 18.2 Å². The van der Waals surface area contributed by atoms with Gasteiger partial charge in [0.1, 0.15) is 0 Å². The Hall–Kier alpha value is -1.26. The number of aryl methyl sites for hydroxylation is 1. The van der Waals surface area contributed by atoms with Crippen LogP contribution in [0.5, 0.6) is 0 Å². The van der Waals surface area contributed by atoms with E-state index in [-0.39, 0.29) is 11.4 Å². The first-order chi connectivity index (χ1) is 10.2. The van der Waals surface area contributed by atoms with Crippen molar-refractivity contribution < 1.29 is 4.79 Å². The Bertz CT molecular complexity index is 531. The summed E-state index contributed by atoms with van der Waals surface area (Å²) in [5.74, 6) is 0.0971. The first-order valence-electron chi connectivity index (χ1n) is 7.79. The van der Waals surface area contributed by atoms with Crippen molar-refractivity contribution >= 4 is 23.2 Å². The molecule has 1 amide bonds. The van der Waals surface area contributed by atoms with E-state index in [4.69, 9.17) is 11.6 Å². The van der Waals surface area contributed by atoms with Crippen LogP contribution in [0.1, 0.15) is 26.3 Å². The molecule has 4 nitrogen and oxygen atoms in total. The summed E-state index contributed by atoms with van der Waals surface area (Å²) in [6, 6.07) is 6.01. The van der Waals surface area contributed by atoms with E-state index in [1.165, 1.54) is 11.3 Å². The lowest BCUT2D eigenvalue weighted by Gasteiger charge is -2.37. The van der Waals surface area contributed by atoms with E-state index in [9.17, 15) is 4.79 Å². The predicted octanol–water partition coefficient (Wildman–Crippen LogP) is 2.69. The number of carbonyl (C=O) groups is 1. The molecule has 1 saturated heterocycles. The second kappa shape index (κ2) is 6.88. The molecule has 0 radical (unpaired) electrons. The van der Waals surface area contributed by atoms with E-state index >= 15 is 0 Å². The van der Waals surface area contributed by atoms with Crippen LogP contribution in [-0.2, 0) is 4.79 Å². The van der Waals surface area contributed by atoms with Gasteiger partial charge in [0.05, 0.1) is 6.54 Å². The number of nitrogens with zero attached hydrogens (tertiary/aromatic N) is 2. The SMILES string of the molecule is Cc1ccc(Cl)cc1N1CCN(CC(=O)NC(C)(C)C)CC1. The Balaban J connectivity index is 1.88. The number of benzene rings is 1. The third-order valence-electron chi connectivity index (χ3n) is 3.77. The monoisotopic (exact) mass is 323 g/mol. The molecule has 1 aliphatic rings. The van der Waals surface area contributed by atoms with Gasteiger partial charge in [0, 0.05) is 42.4 Å². The largest absolute Gasteiger partial charge is 0.369 e. The van der Waals surface area contributed by atoms with E-state index in [2.05, 4.69) is 28.1 Å². The highest BCUT2D eigenvalue weighted by atomic mass is 35.5. The fraction of sp³-hybridized carbons (Fsp3) is 0.588. The van der Waals surface area contributed by atoms with E-state index in [0.29, 0.717) is 6.54 Å². The van der Waals surface area contributed by atoms with Crippen molar-refractivity contribution in [3.8, 4) is 0 Å². The number of anilines is 1. The number of piperazine rings is 1. The minimum Gasteiger partial charge on any atom is -0.369 e. The molecule has 0 spiro atoms. The second-order valence-corrected chi connectivity index (χ2v) is 7.43. The molecule has 0 atom stereocenters. The Kier molecular flexibility index (Phi) is 5.35. The number of rotatable bonds is 3. The van der Waals surface area contributed by atoms with Gasteiger partial charge in [-0.15, -0.1) is 0 Å². The molecule has 1 aromatic rings. The van der Waals surface area contributed by atoms with Crippen molar-refractivity contribution in [2.45, 2.75) is 33.2 Å². The molecule has 0 aliphatic carbocycles. The number of amides is 1. The summed E-state index contributed by atoms with van der Waals surface area (Å²) in [4.78, 5) is 16.5. The van der Waals surface area contributed by atoms with E-state index in [0.717, 1.165) is 31.2 Å². The Morgan fingerprint density at radius 1 is 1.23 bits per heavy atom. The lowest BCUT2D eigenvalue weighted by molar-refractivity contribution is -0.123. The summed E-state index contributed by atoms with van der Waals surface area (Å²) in [5.41, 5.74) is 2.27. The van der Waals surface area contributed by atoms with Gasteiger partial charge in [0.2, 0.25) is 5.91 Å². The number of hydrogen-bond donors (Lipinski definition) is 1. The van der Waals surface area contributed by atoms with Gasteiger partial charge in [0.25, 0.3) is 0 Å². The maximum absolute atomic E-state index is 12.0. The number of halogens is 1. The maximum atomic E-state index is 12.0. The first-order valence-corrected chi connectivity index (χ1v) is 8.17. The molecule has 1 heterocycles. The molecule has 1 aromatic carbocycles. The van der Waals surface area contributed by atoms with Gasteiger partial charge < -0.3 is 10.2 Å². The third kappa shape index (κ3) is 4.89. The van der Waals surface area contributed by atoms with Crippen LogP contribution in [0.4, 0.5) is 5.69 Å². The summed E-state index contributed by atoms with van der Waals surface area (Å²) >= 11 is 6.11. The van der Waals surface area contributed by atoms with Gasteiger partial charge in [-0.1, -0.05) is 17.7 Å². The van der Waals surface area contributed by atoms with Gasteiger partial charge in [-0.25, -0.2) is 0 Å². The zero-order chi connectivity index (χ0) is 16.3. The molecular weight excluding hydrogens is 298 g/mol. The molecule has 0 aromatic heterocycles. The van der Waals surface area contributed by atoms with Crippen LogP contribution in [0.3, 0.4) is 0 Å². The van der Waals surface area contributed by atoms with Crippen molar-refractivity contribution in [2.24, 2.45) is 0 Å². The summed E-state index contributed by atoms with van der Waals surface area (Å²) in [6.07, 6.45) is 0. The minimum absolute atomic E-state index is 0.0971. The molecule has 2 rings (SSSR count). The first kappa shape index (κ1) is 17.1. The number of hydrogen-bond acceptors (Lipinski definition) is 3. The fourth-order valence-corrected chi connectivity index (χ4v) is 2.90. The van der Waals surface area contributed by atoms with Crippen LogP contribution in [0.2, 0.25) is 5.02 Å². The molecule has 1 aliphatic heterocycles. The van der Waals surface area contributed by atoms with E-state index in [1.807, 2.05) is 32.9 Å². The van der Waals surface area contributed by atoms with Crippen molar-refractivity contribution in [3.63, 3.8) is 0 Å². The third-order valence-corrected chi connectivity index (χ3v) is 4.00. The van der Waals surface area contributed by atoms with Crippen LogP contribution in [-0.4, -0.2) is 49.1 Å². The highest BCUT2D eigenvalue weighted by Crippen LogP contribution is 2.25. The number of carbonyl (C=O) groups excluding carboxylic acids is 1. The fourth-order valence-electron chi connectivity index (χ4n) is 2.73. The zero-order valence-electron chi connectivity index (χ0n) is 13.9. The molecule has 22 heavy (non-hydrogen) atoms. The predicted molar refractivity (Wildman–Crippen MR) is 92.7 cm³/mol. The quantitative estimate of drug-likeness (QED) is 0.929. The summed E-state index contributed by atoms with van der Waals surface area (Å²) in [6.45, 7) is 12.2. The molecule has 1 fully saturated rings. The average Bonchev–Trinajstić information content (AvgIpc) is 2.40. The van der Waals surface area contributed by atoms with Gasteiger partial charge >= 0.3 is 0 Å². The molecule has 122 valence electrons. The lowest BCUT2D eigenvalue weighted by Crippen LogP contribution is -2.51. The molecule has 1 N–H and O–H groups in total. The van der Waals surface area contributed by atoms with E-state index in [1.54, 1.807) is 0 Å². The van der Waals surface area contributed by atoms with Crippen molar-refractivity contribution in [1.82, 2.24) is 10.2 Å². The van der Waals surface area contributed by atoms with Crippen LogP contribution in [0.25, 0.3) is 0 Å². The van der Waals surface area contributed by atoms with Crippen molar-refractivity contribution in [2.75, 3.05) is 37.6 Å². The van der Waals surface area contributed by atoms with Crippen LogP contribution >= 0.6 is 11.6 Å². The van der Waals surface area contributed by atoms with Crippen LogP contribution < -0.4 is 10.2 Å². The highest BCUT2D eigenvalue weighted by Gasteiger charge is 2.22. The van der Waals surface area contributed by atoms with Crippen molar-refractivity contribution in [3.05, 3.63) is 28.8 Å². The highest BCUT2D eigenvalue weighted by molar-refractivity contribution is 6.30. The van der Waals surface area contributed by atoms with Gasteiger partial charge in [0.15, 0.2) is 0 Å². The minimum atomic E-state index is -0.170. The smallest absolute Gasteiger partial charge is 0.234 e. The molecule has 0 bridgehead atoms. The number of nitrogens with one attached hydrogen (secondary N) is 1. The van der Waals surface area contributed by atoms with E-state index < -0.39 is 0 Å². The zero-order valence-corrected chi connectivity index (χ0v) is 14.7. The van der Waals surface area contributed by atoms with Gasteiger partial charge in [-0.2, -0.15) is 0 Å². The Morgan fingerprint density at radius 2 is 1.86 bits per heavy atom. The molecule has 5 heteroatoms. The Morgan fingerprint density at radius 3 is 2.45 bits per heavy atom. The molecule has 0 unspecified atom stereocenters. The van der Waals surface area contributed by atoms with Crippen molar-refractivity contribution in [1.29, 1.82) is 0 Å². The maximum Gasteiger partial charge on any atom is 0.234 e. The standard InChI is InChI=1S/C17H26ClN3O/c1-13-5-6-14(18)11-15(13)21-9-7-20(8-10-21)12-16(22)19-17(2,3)4/h5-6,11H,7-10,12H2,1-4H3,(H,19,22). The Labute approximate surface area is 138 Å². The lowest BCUT2D eigenvalue weighted by atomic mass is 10.1. The summed E-state index contributed by atoms with van der Waals surface area (Å²) in [7, 11) is 0. The summed E-state index contributed by atoms with van der Waals surface area (Å²) in [5, 5.41) is 3.79. The second-order valence-electron chi connectivity index (χ2n) is 6.99. The topological polar surface area (TPSA) is 35.6 Å². The molecule has 0 saturated carbocycles. The van der Waals surface area contributed by atoms with Crippen LogP contribution in [0, 0.1) is 6.92 Å². The van der Waals surface area contributed by atoms with Gasteiger partial charge in [-0.3, -0.25) is 9.69 Å². The average molecular weight is 324 g/mol. The van der Waals surface area contributed by atoms with Gasteiger partial charge in [-0.05, 0) is 45.4 Å².